The molecular formula is C2H6Cl2N2. The highest BCUT2D eigenvalue weighted by molar-refractivity contribution is 6.19. The molecule has 0 saturated carbocycles. The lowest BCUT2D eigenvalue weighted by Crippen LogP contribution is -2.19. The molecule has 0 atom stereocenters. The zero-order chi connectivity index (χ0) is 4.99. The zero-order valence-electron chi connectivity index (χ0n) is 3.41. The Morgan fingerprint density at radius 3 is 2.33 bits per heavy atom. The van der Waals surface area contributed by atoms with E-state index in [9.17, 15) is 0 Å². The van der Waals surface area contributed by atoms with Crippen molar-refractivity contribution in [2.24, 2.45) is 0 Å². The molecule has 0 amide bonds. The molecule has 0 saturated heterocycles. The Kier molecular flexibility index (Phi) is 3.99. The van der Waals surface area contributed by atoms with Crippen LogP contribution in [0, 0.1) is 0 Å². The van der Waals surface area contributed by atoms with Crippen molar-refractivity contribution in [3.63, 3.8) is 0 Å². The topological polar surface area (TPSA) is 15.3 Å². The predicted molar refractivity (Wildman–Crippen MR) is 27.2 cm³/mol. The van der Waals surface area contributed by atoms with Crippen LogP contribution in [0.4, 0.5) is 0 Å². The van der Waals surface area contributed by atoms with Gasteiger partial charge in [-0.15, -0.1) is 4.53 Å². The Hall–Kier alpha value is 0.500. The van der Waals surface area contributed by atoms with Crippen molar-refractivity contribution in [3.8, 4) is 0 Å². The second-order valence-corrected chi connectivity index (χ2v) is 1.34. The van der Waals surface area contributed by atoms with Crippen LogP contribution in [0.15, 0.2) is 0 Å². The first-order valence-corrected chi connectivity index (χ1v) is 2.32. The van der Waals surface area contributed by atoms with Gasteiger partial charge in [0.25, 0.3) is 0 Å². The van der Waals surface area contributed by atoms with Crippen LogP contribution in [0.1, 0.15) is 6.92 Å². The monoisotopic (exact) mass is 128 g/mol. The van der Waals surface area contributed by atoms with E-state index in [2.05, 4.69) is 4.94 Å². The SMILES string of the molecule is CCN(Cl)NCl. The molecule has 0 radical (unpaired) electrons. The molecule has 0 aliphatic rings. The van der Waals surface area contributed by atoms with Crippen molar-refractivity contribution < 1.29 is 0 Å². The molecule has 0 aliphatic carbocycles. The molecule has 0 bridgehead atoms. The summed E-state index contributed by atoms with van der Waals surface area (Å²) in [5.41, 5.74) is 0. The van der Waals surface area contributed by atoms with Crippen LogP contribution < -0.4 is 4.94 Å². The fourth-order valence-electron chi connectivity index (χ4n) is 0.0598. The first-order chi connectivity index (χ1) is 2.81. The van der Waals surface area contributed by atoms with E-state index in [0.717, 1.165) is 0 Å². The molecule has 0 aliphatic heterocycles. The second-order valence-electron chi connectivity index (χ2n) is 0.763. The summed E-state index contributed by atoms with van der Waals surface area (Å²) in [5.74, 6) is 0. The van der Waals surface area contributed by atoms with Gasteiger partial charge in [0.05, 0.1) is 0 Å². The Labute approximate surface area is 47.2 Å². The van der Waals surface area contributed by atoms with E-state index in [-0.39, 0.29) is 0 Å². The molecule has 1 N–H and O–H groups in total. The Morgan fingerprint density at radius 2 is 2.33 bits per heavy atom. The van der Waals surface area contributed by atoms with Gasteiger partial charge in [-0.3, -0.25) is 0 Å². The average molecular weight is 129 g/mol. The normalized spacial score (nSPS) is 10.0. The first-order valence-electron chi connectivity index (χ1n) is 1.60. The Morgan fingerprint density at radius 1 is 1.83 bits per heavy atom. The largest absolute Gasteiger partial charge is 0.153 e. The van der Waals surface area contributed by atoms with Crippen molar-refractivity contribution in [3.05, 3.63) is 0 Å². The fourth-order valence-corrected chi connectivity index (χ4v) is 0.179. The standard InChI is InChI=1S/C2H6Cl2N2/c1-2-6(4)5-3/h5H,2H2,1H3. The van der Waals surface area contributed by atoms with Crippen molar-refractivity contribution in [2.45, 2.75) is 6.92 Å². The van der Waals surface area contributed by atoms with Gasteiger partial charge in [0, 0.05) is 6.54 Å². The maximum atomic E-state index is 5.24. The second kappa shape index (κ2) is 3.68. The number of rotatable bonds is 2. The van der Waals surface area contributed by atoms with Gasteiger partial charge in [0.2, 0.25) is 0 Å². The van der Waals surface area contributed by atoms with Crippen molar-refractivity contribution >= 4 is 23.6 Å². The van der Waals surface area contributed by atoms with E-state index in [1.54, 1.807) is 0 Å². The van der Waals surface area contributed by atoms with Gasteiger partial charge in [0.15, 0.2) is 0 Å². The summed E-state index contributed by atoms with van der Waals surface area (Å²) >= 11 is 10.2. The fraction of sp³-hybridized carbons (Fsp3) is 1.00. The van der Waals surface area contributed by atoms with E-state index in [0.29, 0.717) is 6.54 Å². The molecule has 0 unspecified atom stereocenters. The van der Waals surface area contributed by atoms with E-state index < -0.39 is 0 Å². The van der Waals surface area contributed by atoms with Crippen LogP contribution in [0.25, 0.3) is 0 Å². The summed E-state index contributed by atoms with van der Waals surface area (Å²) in [4.78, 5) is 2.19. The third-order valence-corrected chi connectivity index (χ3v) is 0.983. The molecular weight excluding hydrogens is 123 g/mol. The van der Waals surface area contributed by atoms with Crippen molar-refractivity contribution in [1.82, 2.24) is 9.47 Å². The van der Waals surface area contributed by atoms with Crippen molar-refractivity contribution in [1.29, 1.82) is 0 Å². The average Bonchev–Trinajstić information content (AvgIpc) is 1.65. The third kappa shape index (κ3) is 2.72. The maximum absolute atomic E-state index is 5.24. The maximum Gasteiger partial charge on any atom is 0.0280 e. The van der Waals surface area contributed by atoms with E-state index >= 15 is 0 Å². The van der Waals surface area contributed by atoms with E-state index in [1.165, 1.54) is 4.53 Å². The van der Waals surface area contributed by atoms with Crippen LogP contribution in [0.5, 0.6) is 0 Å². The molecule has 0 heterocycles. The Bertz CT molecular complexity index is 28.7. The number of hydrazine groups is 1. The third-order valence-electron chi connectivity index (χ3n) is 0.369. The highest BCUT2D eigenvalue weighted by Gasteiger charge is 1.85. The molecule has 0 aromatic rings. The number of hydrogen-bond acceptors (Lipinski definition) is 2. The highest BCUT2D eigenvalue weighted by Crippen LogP contribution is 1.84. The van der Waals surface area contributed by atoms with Gasteiger partial charge >= 0.3 is 0 Å². The minimum Gasteiger partial charge on any atom is -0.153 e. The first kappa shape index (κ1) is 6.50. The molecule has 38 valence electrons. The van der Waals surface area contributed by atoms with Gasteiger partial charge < -0.3 is 0 Å². The van der Waals surface area contributed by atoms with Crippen molar-refractivity contribution in [2.75, 3.05) is 6.54 Å². The number of nitrogens with zero attached hydrogens (tertiary/aromatic N) is 1. The number of hydrogen-bond donors (Lipinski definition) is 1. The summed E-state index contributed by atoms with van der Waals surface area (Å²) in [5, 5.41) is 0. The summed E-state index contributed by atoms with van der Waals surface area (Å²) in [7, 11) is 0. The lowest BCUT2D eigenvalue weighted by molar-refractivity contribution is 0.452. The molecule has 4 heteroatoms. The molecule has 0 fully saturated rings. The minimum absolute atomic E-state index is 0.686. The Balaban J connectivity index is 2.75. The van der Waals surface area contributed by atoms with Gasteiger partial charge in [-0.05, 0) is 30.5 Å². The van der Waals surface area contributed by atoms with Crippen LogP contribution in [0.2, 0.25) is 0 Å². The molecule has 2 nitrogen and oxygen atoms in total. The summed E-state index contributed by atoms with van der Waals surface area (Å²) < 4.78 is 1.24. The molecule has 0 aromatic heterocycles. The van der Waals surface area contributed by atoms with Crippen LogP contribution >= 0.6 is 23.6 Å². The summed E-state index contributed by atoms with van der Waals surface area (Å²) in [6, 6.07) is 0. The van der Waals surface area contributed by atoms with Crippen LogP contribution in [0.3, 0.4) is 0 Å². The summed E-state index contributed by atoms with van der Waals surface area (Å²) in [6.07, 6.45) is 0. The zero-order valence-corrected chi connectivity index (χ0v) is 4.92. The van der Waals surface area contributed by atoms with Crippen LogP contribution in [-0.4, -0.2) is 11.1 Å². The smallest absolute Gasteiger partial charge is 0.0280 e. The molecule has 0 rings (SSSR count). The van der Waals surface area contributed by atoms with E-state index in [1.807, 2.05) is 6.92 Å². The number of halogens is 2. The predicted octanol–water partition coefficient (Wildman–Crippen LogP) is 1.12. The quantitative estimate of drug-likeness (QED) is 0.444. The van der Waals surface area contributed by atoms with E-state index in [4.69, 9.17) is 23.6 Å². The molecule has 0 spiro atoms. The van der Waals surface area contributed by atoms with Gasteiger partial charge in [-0.25, -0.2) is 0 Å². The lowest BCUT2D eigenvalue weighted by atomic mass is 10.8. The minimum atomic E-state index is 0.686. The molecule has 6 heavy (non-hydrogen) atoms. The van der Waals surface area contributed by atoms with Gasteiger partial charge in [-0.2, -0.15) is 4.94 Å². The van der Waals surface area contributed by atoms with Gasteiger partial charge in [-0.1, -0.05) is 0 Å². The number of nitrogens with one attached hydrogen (secondary N) is 1. The highest BCUT2D eigenvalue weighted by atomic mass is 35.5. The lowest BCUT2D eigenvalue weighted by Gasteiger charge is -2.02. The van der Waals surface area contributed by atoms with Crippen LogP contribution in [-0.2, 0) is 0 Å². The van der Waals surface area contributed by atoms with Gasteiger partial charge in [0.1, 0.15) is 0 Å². The molecule has 0 aromatic carbocycles. The summed E-state index contributed by atoms with van der Waals surface area (Å²) in [6.45, 7) is 2.56.